The predicted molar refractivity (Wildman–Crippen MR) is 147 cm³/mol. The lowest BCUT2D eigenvalue weighted by Gasteiger charge is -2.11. The van der Waals surface area contributed by atoms with E-state index >= 15 is 0 Å². The predicted octanol–water partition coefficient (Wildman–Crippen LogP) is 9.92. The molecule has 1 heterocycles. The highest BCUT2D eigenvalue weighted by molar-refractivity contribution is 5.82. The Morgan fingerprint density at radius 2 is 1.00 bits per heavy atom. The van der Waals surface area contributed by atoms with E-state index in [0.717, 1.165) is 61.0 Å². The summed E-state index contributed by atoms with van der Waals surface area (Å²) in [6, 6.07) is 17.8. The normalized spacial score (nSPS) is 13.9. The topological polar surface area (TPSA) is 25.3 Å². The van der Waals surface area contributed by atoms with Gasteiger partial charge in [-0.15, -0.1) is 0 Å². The Morgan fingerprint density at radius 3 is 1.50 bits per heavy atom. The van der Waals surface area contributed by atoms with Crippen molar-refractivity contribution < 1.29 is 4.70 Å². The van der Waals surface area contributed by atoms with Crippen molar-refractivity contribution in [3.8, 4) is 0 Å². The zero-order valence-corrected chi connectivity index (χ0v) is 22.0. The number of hydrogen-bond acceptors (Lipinski definition) is 0. The highest BCUT2D eigenvalue weighted by Crippen LogP contribution is 2.43. The van der Waals surface area contributed by atoms with Crippen LogP contribution in [0.3, 0.4) is 0 Å². The number of unbranched alkanes of at least 4 members (excludes halogenated alkanes) is 5. The molecule has 0 fully saturated rings. The van der Waals surface area contributed by atoms with E-state index in [0.29, 0.717) is 0 Å². The van der Waals surface area contributed by atoms with Crippen molar-refractivity contribution in [3.05, 3.63) is 87.5 Å². The number of allylic oxidation sites excluding steroid dienone is 2. The van der Waals surface area contributed by atoms with Crippen LogP contribution >= 0.6 is 0 Å². The van der Waals surface area contributed by atoms with E-state index in [1.54, 1.807) is 0 Å². The van der Waals surface area contributed by atoms with Crippen LogP contribution in [0.15, 0.2) is 59.7 Å². The van der Waals surface area contributed by atoms with E-state index in [9.17, 15) is 5.53 Å². The summed E-state index contributed by atoms with van der Waals surface area (Å²) >= 11 is 0. The average Bonchev–Trinajstić information content (AvgIpc) is 3.15. The van der Waals surface area contributed by atoms with Crippen molar-refractivity contribution >= 4 is 11.4 Å². The molecule has 0 bridgehead atoms. The molecule has 1 aliphatic heterocycles. The summed E-state index contributed by atoms with van der Waals surface area (Å²) in [7, 11) is 0. The summed E-state index contributed by atoms with van der Waals surface area (Å²) in [5.74, 6) is 0. The van der Waals surface area contributed by atoms with Gasteiger partial charge in [0.25, 0.3) is 0 Å². The Morgan fingerprint density at radius 1 is 0.529 bits per heavy atom. The number of hydrogen-bond donors (Lipinski definition) is 0. The van der Waals surface area contributed by atoms with Gasteiger partial charge in [0.15, 0.2) is 0 Å². The van der Waals surface area contributed by atoms with Crippen LogP contribution in [0.1, 0.15) is 114 Å². The fourth-order valence-corrected chi connectivity index (χ4v) is 5.05. The van der Waals surface area contributed by atoms with Crippen molar-refractivity contribution in [3.63, 3.8) is 0 Å². The molecule has 0 saturated carbocycles. The van der Waals surface area contributed by atoms with Crippen molar-refractivity contribution in [1.82, 2.24) is 0 Å². The summed E-state index contributed by atoms with van der Waals surface area (Å²) in [6.07, 6.45) is 14.0. The maximum Gasteiger partial charge on any atom is 0.211 e. The standard InChI is InChI=1S/C32H44N2/c1-5-9-12-13-15-26-19-21-27(22-20-26)31-29(8-4)30(16-11-7-3)32(34(31)33)28-23-17-25(18-24-28)14-10-6-2/h17-24H,5-16H2,1-4H3. The van der Waals surface area contributed by atoms with Gasteiger partial charge in [-0.3, -0.25) is 0 Å². The quantitative estimate of drug-likeness (QED) is 0.200. The molecule has 0 spiro atoms. The second kappa shape index (κ2) is 13.4. The Labute approximate surface area is 208 Å². The van der Waals surface area contributed by atoms with Crippen LogP contribution in [0, 0.1) is 0 Å². The monoisotopic (exact) mass is 456 g/mol. The fraction of sp³-hybridized carbons (Fsp3) is 0.500. The first-order chi connectivity index (χ1) is 16.6. The maximum absolute atomic E-state index is 11.5. The van der Waals surface area contributed by atoms with Crippen molar-refractivity contribution in [1.29, 1.82) is 0 Å². The zero-order chi connectivity index (χ0) is 24.3. The van der Waals surface area contributed by atoms with Gasteiger partial charge < -0.3 is 5.53 Å². The van der Waals surface area contributed by atoms with Crippen molar-refractivity contribution in [2.45, 2.75) is 105 Å². The lowest BCUT2D eigenvalue weighted by atomic mass is 9.93. The highest BCUT2D eigenvalue weighted by atomic mass is 15.2. The molecule has 0 saturated heterocycles. The van der Waals surface area contributed by atoms with Gasteiger partial charge in [-0.2, -0.15) is 0 Å². The average molecular weight is 457 g/mol. The summed E-state index contributed by atoms with van der Waals surface area (Å²) in [5, 5.41) is 0. The summed E-state index contributed by atoms with van der Waals surface area (Å²) < 4.78 is 1.49. The first-order valence-electron chi connectivity index (χ1n) is 13.8. The molecule has 0 aliphatic carbocycles. The molecule has 34 heavy (non-hydrogen) atoms. The van der Waals surface area contributed by atoms with E-state index in [4.69, 9.17) is 0 Å². The molecule has 2 aromatic carbocycles. The molecule has 0 atom stereocenters. The van der Waals surface area contributed by atoms with Crippen molar-refractivity contribution in [2.75, 3.05) is 0 Å². The Balaban J connectivity index is 1.90. The Bertz CT molecular complexity index is 990. The first-order valence-corrected chi connectivity index (χ1v) is 13.8. The lowest BCUT2D eigenvalue weighted by Crippen LogP contribution is -2.03. The van der Waals surface area contributed by atoms with Gasteiger partial charge in [-0.1, -0.05) is 84.1 Å². The van der Waals surface area contributed by atoms with Gasteiger partial charge >= 0.3 is 0 Å². The molecule has 0 unspecified atom stereocenters. The van der Waals surface area contributed by atoms with E-state index < -0.39 is 0 Å². The summed E-state index contributed by atoms with van der Waals surface area (Å²) in [4.78, 5) is 0. The number of rotatable bonds is 14. The van der Waals surface area contributed by atoms with Gasteiger partial charge in [-0.25, -0.2) is 4.70 Å². The second-order valence-electron chi connectivity index (χ2n) is 9.73. The third kappa shape index (κ3) is 6.34. The van der Waals surface area contributed by atoms with E-state index in [1.165, 1.54) is 65.5 Å². The minimum absolute atomic E-state index is 0.919. The third-order valence-corrected chi connectivity index (χ3v) is 7.09. The smallest absolute Gasteiger partial charge is 0.211 e. The molecular formula is C32H44N2. The SMILES string of the molecule is CCCCCCc1ccc(C2=C(CC)C(CCCC)=C(c3ccc(CCCC)cc3)[N+]2=[N-])cc1. The number of benzene rings is 2. The van der Waals surface area contributed by atoms with Gasteiger partial charge in [0.1, 0.15) is 0 Å². The Hall–Kier alpha value is -2.48. The van der Waals surface area contributed by atoms with Crippen LogP contribution in [0.4, 0.5) is 0 Å². The van der Waals surface area contributed by atoms with Crippen molar-refractivity contribution in [2.24, 2.45) is 0 Å². The van der Waals surface area contributed by atoms with E-state index in [-0.39, 0.29) is 0 Å². The first kappa shape index (κ1) is 26.1. The van der Waals surface area contributed by atoms with Crippen LogP contribution < -0.4 is 0 Å². The molecule has 2 aromatic rings. The van der Waals surface area contributed by atoms with Crippen LogP contribution in [0.2, 0.25) is 0 Å². The summed E-state index contributed by atoms with van der Waals surface area (Å²) in [5.41, 5.74) is 21.1. The molecule has 1 aliphatic rings. The highest BCUT2D eigenvalue weighted by Gasteiger charge is 2.34. The van der Waals surface area contributed by atoms with E-state index in [1.807, 2.05) is 0 Å². The van der Waals surface area contributed by atoms with Crippen LogP contribution in [-0.4, -0.2) is 4.70 Å². The largest absolute Gasteiger partial charge is 0.493 e. The van der Waals surface area contributed by atoms with Crippen LogP contribution in [0.25, 0.3) is 16.9 Å². The number of aryl methyl sites for hydroxylation is 2. The molecular weight excluding hydrogens is 412 g/mol. The van der Waals surface area contributed by atoms with Gasteiger partial charge in [0.05, 0.1) is 0 Å². The Kier molecular flexibility index (Phi) is 10.3. The zero-order valence-electron chi connectivity index (χ0n) is 22.0. The lowest BCUT2D eigenvalue weighted by molar-refractivity contribution is -0.345. The maximum atomic E-state index is 11.5. The van der Waals surface area contributed by atoms with Crippen LogP contribution in [0.5, 0.6) is 0 Å². The third-order valence-electron chi connectivity index (χ3n) is 7.09. The van der Waals surface area contributed by atoms with Gasteiger partial charge in [-0.05, 0) is 80.3 Å². The molecule has 0 amide bonds. The van der Waals surface area contributed by atoms with Gasteiger partial charge in [0, 0.05) is 22.3 Å². The molecule has 3 rings (SSSR count). The molecule has 182 valence electrons. The minimum atomic E-state index is 0.919. The molecule has 0 N–H and O–H groups in total. The van der Waals surface area contributed by atoms with Crippen LogP contribution in [-0.2, 0) is 12.8 Å². The molecule has 2 heteroatoms. The van der Waals surface area contributed by atoms with E-state index in [2.05, 4.69) is 76.2 Å². The number of nitrogens with zero attached hydrogens (tertiary/aromatic N) is 2. The second-order valence-corrected chi connectivity index (χ2v) is 9.73. The minimum Gasteiger partial charge on any atom is -0.493 e. The summed E-state index contributed by atoms with van der Waals surface area (Å²) in [6.45, 7) is 8.95. The van der Waals surface area contributed by atoms with Gasteiger partial charge in [0.2, 0.25) is 11.4 Å². The molecule has 2 nitrogen and oxygen atoms in total. The molecule has 0 aromatic heterocycles. The molecule has 0 radical (unpaired) electrons. The fourth-order valence-electron chi connectivity index (χ4n) is 5.05.